The minimum atomic E-state index is -1.33. The van der Waals surface area contributed by atoms with E-state index in [1.807, 2.05) is 0 Å². The SMILES string of the molecule is O=C(O)c1ncsc1F. The van der Waals surface area contributed by atoms with Crippen LogP contribution in [0.3, 0.4) is 0 Å². The topological polar surface area (TPSA) is 50.2 Å². The zero-order valence-corrected chi connectivity index (χ0v) is 4.98. The van der Waals surface area contributed by atoms with E-state index in [4.69, 9.17) is 5.11 Å². The Bertz CT molecular complexity index is 234. The third-order valence-corrected chi connectivity index (χ3v) is 1.34. The molecule has 0 fully saturated rings. The summed E-state index contributed by atoms with van der Waals surface area (Å²) in [5.74, 6) is -1.33. The van der Waals surface area contributed by atoms with E-state index in [0.717, 1.165) is 5.51 Å². The quantitative estimate of drug-likeness (QED) is 0.644. The number of hydrogen-bond donors (Lipinski definition) is 1. The van der Waals surface area contributed by atoms with E-state index in [-0.39, 0.29) is 0 Å². The van der Waals surface area contributed by atoms with Crippen LogP contribution in [0.4, 0.5) is 4.39 Å². The number of hydrogen-bond acceptors (Lipinski definition) is 3. The molecule has 0 aliphatic carbocycles. The van der Waals surface area contributed by atoms with Gasteiger partial charge in [-0.2, -0.15) is 4.39 Å². The van der Waals surface area contributed by atoms with Crippen molar-refractivity contribution in [3.63, 3.8) is 0 Å². The predicted molar refractivity (Wildman–Crippen MR) is 29.0 cm³/mol. The molecule has 0 saturated carbocycles. The average molecular weight is 147 g/mol. The van der Waals surface area contributed by atoms with Crippen LogP contribution in [0.5, 0.6) is 0 Å². The second kappa shape index (κ2) is 2.10. The summed E-state index contributed by atoms with van der Waals surface area (Å²) in [5.41, 5.74) is 0.652. The first-order valence-corrected chi connectivity index (χ1v) is 2.92. The van der Waals surface area contributed by atoms with Crippen molar-refractivity contribution in [2.24, 2.45) is 0 Å². The Balaban J connectivity index is 3.08. The highest BCUT2D eigenvalue weighted by atomic mass is 32.1. The monoisotopic (exact) mass is 147 g/mol. The molecule has 48 valence electrons. The highest BCUT2D eigenvalue weighted by Crippen LogP contribution is 2.09. The van der Waals surface area contributed by atoms with Crippen LogP contribution in [0, 0.1) is 5.13 Å². The van der Waals surface area contributed by atoms with Gasteiger partial charge in [-0.05, 0) is 0 Å². The van der Waals surface area contributed by atoms with Crippen molar-refractivity contribution < 1.29 is 14.3 Å². The fourth-order valence-electron chi connectivity index (χ4n) is 0.371. The van der Waals surface area contributed by atoms with Crippen LogP contribution in [-0.2, 0) is 0 Å². The summed E-state index contributed by atoms with van der Waals surface area (Å²) in [6.07, 6.45) is 0. The lowest BCUT2D eigenvalue weighted by atomic mass is 10.5. The Hall–Kier alpha value is -0.970. The van der Waals surface area contributed by atoms with Gasteiger partial charge in [0.15, 0.2) is 5.69 Å². The number of carboxylic acids is 1. The first-order valence-electron chi connectivity index (χ1n) is 2.04. The molecule has 3 nitrogen and oxygen atoms in total. The van der Waals surface area contributed by atoms with E-state index in [1.165, 1.54) is 0 Å². The molecular formula is C4H2FNO2S. The van der Waals surface area contributed by atoms with Gasteiger partial charge in [-0.1, -0.05) is 11.3 Å². The zero-order chi connectivity index (χ0) is 6.85. The van der Waals surface area contributed by atoms with E-state index in [9.17, 15) is 9.18 Å². The molecule has 5 heteroatoms. The summed E-state index contributed by atoms with van der Waals surface area (Å²) < 4.78 is 12.2. The normalized spacial score (nSPS) is 9.44. The first kappa shape index (κ1) is 6.15. The molecule has 0 radical (unpaired) electrons. The number of halogens is 1. The van der Waals surface area contributed by atoms with Gasteiger partial charge in [0.1, 0.15) is 0 Å². The van der Waals surface area contributed by atoms with Crippen molar-refractivity contribution in [3.05, 3.63) is 16.3 Å². The molecule has 9 heavy (non-hydrogen) atoms. The van der Waals surface area contributed by atoms with E-state index in [1.54, 1.807) is 0 Å². The zero-order valence-electron chi connectivity index (χ0n) is 4.17. The molecule has 0 aliphatic heterocycles. The number of nitrogens with zero attached hydrogens (tertiary/aromatic N) is 1. The van der Waals surface area contributed by atoms with Gasteiger partial charge >= 0.3 is 5.97 Å². The molecule has 1 aromatic rings. The largest absolute Gasteiger partial charge is 0.476 e. The molecule has 0 atom stereocenters. The summed E-state index contributed by atoms with van der Waals surface area (Å²) in [6, 6.07) is 0. The highest BCUT2D eigenvalue weighted by Gasteiger charge is 2.11. The molecule has 1 rings (SSSR count). The Kier molecular flexibility index (Phi) is 1.44. The van der Waals surface area contributed by atoms with Gasteiger partial charge in [0.05, 0.1) is 5.51 Å². The summed E-state index contributed by atoms with van der Waals surface area (Å²) >= 11 is 0.674. The van der Waals surface area contributed by atoms with Crippen molar-refractivity contribution in [1.82, 2.24) is 4.98 Å². The molecule has 0 spiro atoms. The first-order chi connectivity index (χ1) is 4.22. The Morgan fingerprint density at radius 1 is 1.89 bits per heavy atom. The second-order valence-electron chi connectivity index (χ2n) is 1.28. The van der Waals surface area contributed by atoms with Gasteiger partial charge in [-0.15, -0.1) is 0 Å². The summed E-state index contributed by atoms with van der Waals surface area (Å²) in [6.45, 7) is 0. The lowest BCUT2D eigenvalue weighted by molar-refractivity contribution is 0.0686. The van der Waals surface area contributed by atoms with Crippen LogP contribution >= 0.6 is 11.3 Å². The van der Waals surface area contributed by atoms with Gasteiger partial charge in [-0.3, -0.25) is 0 Å². The van der Waals surface area contributed by atoms with Gasteiger partial charge in [0.25, 0.3) is 0 Å². The number of aromatic carboxylic acids is 1. The van der Waals surface area contributed by atoms with Crippen LogP contribution in [-0.4, -0.2) is 16.1 Å². The van der Waals surface area contributed by atoms with E-state index in [0.29, 0.717) is 11.3 Å². The van der Waals surface area contributed by atoms with E-state index < -0.39 is 16.8 Å². The van der Waals surface area contributed by atoms with Crippen molar-refractivity contribution in [2.75, 3.05) is 0 Å². The Morgan fingerprint density at radius 2 is 2.56 bits per heavy atom. The highest BCUT2D eigenvalue weighted by molar-refractivity contribution is 7.08. The second-order valence-corrected chi connectivity index (χ2v) is 2.08. The van der Waals surface area contributed by atoms with Crippen molar-refractivity contribution >= 4 is 17.3 Å². The minimum Gasteiger partial charge on any atom is -0.476 e. The molecule has 0 unspecified atom stereocenters. The van der Waals surface area contributed by atoms with Gasteiger partial charge in [0, 0.05) is 0 Å². The van der Waals surface area contributed by atoms with Gasteiger partial charge in [0.2, 0.25) is 5.13 Å². The smallest absolute Gasteiger partial charge is 0.358 e. The summed E-state index contributed by atoms with van der Waals surface area (Å²) in [5, 5.41) is 7.41. The number of carbonyl (C=O) groups is 1. The van der Waals surface area contributed by atoms with Crippen LogP contribution in [0.15, 0.2) is 5.51 Å². The molecule has 0 amide bonds. The molecule has 0 aliphatic rings. The van der Waals surface area contributed by atoms with E-state index >= 15 is 0 Å². The molecule has 0 bridgehead atoms. The van der Waals surface area contributed by atoms with Crippen molar-refractivity contribution in [3.8, 4) is 0 Å². The van der Waals surface area contributed by atoms with E-state index in [2.05, 4.69) is 4.98 Å². The fraction of sp³-hybridized carbons (Fsp3) is 0. The maximum atomic E-state index is 12.2. The summed E-state index contributed by atoms with van der Waals surface area (Å²) in [4.78, 5) is 13.2. The number of carboxylic acid groups (broad SMARTS) is 1. The summed E-state index contributed by atoms with van der Waals surface area (Å²) in [7, 11) is 0. The molecular weight excluding hydrogens is 145 g/mol. The number of aromatic nitrogens is 1. The number of thiazole rings is 1. The minimum absolute atomic E-state index is 0.500. The molecule has 1 N–H and O–H groups in total. The van der Waals surface area contributed by atoms with Crippen molar-refractivity contribution in [2.45, 2.75) is 0 Å². The molecule has 0 saturated heterocycles. The predicted octanol–water partition coefficient (Wildman–Crippen LogP) is 0.980. The third-order valence-electron chi connectivity index (χ3n) is 0.727. The molecule has 1 aromatic heterocycles. The maximum Gasteiger partial charge on any atom is 0.358 e. The maximum absolute atomic E-state index is 12.2. The van der Waals surface area contributed by atoms with Crippen molar-refractivity contribution in [1.29, 1.82) is 0 Å². The molecule has 0 aromatic carbocycles. The van der Waals surface area contributed by atoms with Gasteiger partial charge in [-0.25, -0.2) is 9.78 Å². The lowest BCUT2D eigenvalue weighted by Crippen LogP contribution is -1.97. The Labute approximate surface area is 53.8 Å². The molecule has 1 heterocycles. The van der Waals surface area contributed by atoms with Crippen LogP contribution in [0.2, 0.25) is 0 Å². The van der Waals surface area contributed by atoms with Gasteiger partial charge < -0.3 is 5.11 Å². The van der Waals surface area contributed by atoms with Crippen LogP contribution in [0.1, 0.15) is 10.5 Å². The average Bonchev–Trinajstić information content (AvgIpc) is 2.13. The van der Waals surface area contributed by atoms with Crippen LogP contribution in [0.25, 0.3) is 0 Å². The third kappa shape index (κ3) is 1.05. The Morgan fingerprint density at radius 3 is 2.78 bits per heavy atom. The van der Waals surface area contributed by atoms with Crippen LogP contribution < -0.4 is 0 Å². The fourth-order valence-corrected chi connectivity index (χ4v) is 0.873. The lowest BCUT2D eigenvalue weighted by Gasteiger charge is -1.81. The number of rotatable bonds is 1. The standard InChI is InChI=1S/C4H2FNO2S/c5-3-2(4(7)8)6-1-9-3/h1H,(H,7,8).